The summed E-state index contributed by atoms with van der Waals surface area (Å²) in [6, 6.07) is 9.98. The summed E-state index contributed by atoms with van der Waals surface area (Å²) in [5, 5.41) is 12.0. The fraction of sp³-hybridized carbons (Fsp3) is 0.125. The Morgan fingerprint density at radius 3 is 2.57 bits per heavy atom. The third kappa shape index (κ3) is 4.68. The van der Waals surface area contributed by atoms with Gasteiger partial charge in [0.25, 0.3) is 0 Å². The number of rotatable bonds is 7. The number of nitrogens with two attached hydrogens (primary N) is 1. The minimum absolute atomic E-state index is 0.0793. The van der Waals surface area contributed by atoms with Crippen LogP contribution in [0.15, 0.2) is 47.4 Å². The van der Waals surface area contributed by atoms with Gasteiger partial charge in [-0.3, -0.25) is 4.79 Å². The second-order valence-corrected chi connectivity index (χ2v) is 7.85. The van der Waals surface area contributed by atoms with Gasteiger partial charge in [0.2, 0.25) is 21.8 Å². The highest BCUT2D eigenvalue weighted by Crippen LogP contribution is 2.26. The molecule has 0 aliphatic heterocycles. The molecule has 1 amide bonds. The summed E-state index contributed by atoms with van der Waals surface area (Å²) in [6.07, 6.45) is 0. The Bertz CT molecular complexity index is 1120. The first-order valence-corrected chi connectivity index (χ1v) is 9.71. The summed E-state index contributed by atoms with van der Waals surface area (Å²) in [5.74, 6) is -0.928. The Morgan fingerprint density at radius 1 is 1.21 bits per heavy atom. The van der Waals surface area contributed by atoms with Gasteiger partial charge in [-0.25, -0.2) is 17.5 Å². The van der Waals surface area contributed by atoms with Crippen LogP contribution in [0.25, 0.3) is 11.4 Å². The number of hydrogen-bond donors (Lipinski definition) is 2. The Kier molecular flexibility index (Phi) is 5.68. The lowest BCUT2D eigenvalue weighted by molar-refractivity contribution is -0.116. The van der Waals surface area contributed by atoms with Gasteiger partial charge >= 0.3 is 0 Å². The van der Waals surface area contributed by atoms with Crippen LogP contribution < -0.4 is 10.5 Å². The lowest BCUT2D eigenvalue weighted by Gasteiger charge is -2.07. The molecule has 0 aliphatic rings. The molecule has 2 aromatic carbocycles. The Labute approximate surface area is 164 Å². The van der Waals surface area contributed by atoms with E-state index in [9.17, 15) is 17.6 Å². The molecule has 3 rings (SSSR count). The maximum absolute atomic E-state index is 13.0. The minimum Gasteiger partial charge on any atom is -0.369 e. The Hall–Kier alpha value is -2.89. The Morgan fingerprint density at radius 2 is 1.93 bits per heavy atom. The van der Waals surface area contributed by atoms with E-state index in [1.807, 2.05) is 4.72 Å². The fourth-order valence-electron chi connectivity index (χ4n) is 2.28. The standard InChI is InChI=1S/C16H14ClFN6O3S/c17-13-7-11(3-6-14(13)28(26,27)20-8-15(19)25)16-21-23-24(22-16)9-10-1-4-12(18)5-2-10/h1-7,20H,8-9H2,(H2,19,25). The third-order valence-electron chi connectivity index (χ3n) is 3.61. The molecular weight excluding hydrogens is 411 g/mol. The molecule has 0 atom stereocenters. The molecule has 1 heterocycles. The van der Waals surface area contributed by atoms with Crippen molar-refractivity contribution in [2.24, 2.45) is 5.73 Å². The van der Waals surface area contributed by atoms with Crippen LogP contribution in [0.3, 0.4) is 0 Å². The van der Waals surface area contributed by atoms with Crippen LogP contribution in [0.4, 0.5) is 4.39 Å². The van der Waals surface area contributed by atoms with Crippen LogP contribution in [0, 0.1) is 5.82 Å². The summed E-state index contributed by atoms with van der Waals surface area (Å²) in [7, 11) is -4.00. The summed E-state index contributed by atoms with van der Waals surface area (Å²) >= 11 is 6.08. The average molecular weight is 425 g/mol. The van der Waals surface area contributed by atoms with Crippen LogP contribution in [0.1, 0.15) is 5.56 Å². The van der Waals surface area contributed by atoms with E-state index in [4.69, 9.17) is 17.3 Å². The van der Waals surface area contributed by atoms with Gasteiger partial charge in [0.05, 0.1) is 18.1 Å². The topological polar surface area (TPSA) is 133 Å². The quantitative estimate of drug-likeness (QED) is 0.580. The first kappa shape index (κ1) is 19.9. The van der Waals surface area contributed by atoms with Crippen molar-refractivity contribution < 1.29 is 17.6 Å². The molecular formula is C16H14ClFN6O3S. The van der Waals surface area contributed by atoms with Crippen LogP contribution in [0.5, 0.6) is 0 Å². The molecule has 3 N–H and O–H groups in total. The first-order chi connectivity index (χ1) is 13.2. The number of primary amides is 1. The summed E-state index contributed by atoms with van der Waals surface area (Å²) in [5.41, 5.74) is 6.17. The summed E-state index contributed by atoms with van der Waals surface area (Å²) in [4.78, 5) is 11.9. The van der Waals surface area contributed by atoms with Crippen LogP contribution in [0.2, 0.25) is 5.02 Å². The number of amides is 1. The molecule has 0 unspecified atom stereocenters. The van der Waals surface area contributed by atoms with E-state index >= 15 is 0 Å². The molecule has 0 saturated heterocycles. The number of nitrogens with zero attached hydrogens (tertiary/aromatic N) is 4. The molecule has 12 heteroatoms. The lowest BCUT2D eigenvalue weighted by Crippen LogP contribution is -2.33. The van der Waals surface area contributed by atoms with E-state index in [1.165, 1.54) is 35.1 Å². The first-order valence-electron chi connectivity index (χ1n) is 7.85. The molecule has 1 aromatic heterocycles. The normalized spacial score (nSPS) is 11.5. The summed E-state index contributed by atoms with van der Waals surface area (Å²) < 4.78 is 39.3. The van der Waals surface area contributed by atoms with Gasteiger partial charge in [-0.1, -0.05) is 23.7 Å². The largest absolute Gasteiger partial charge is 0.369 e. The molecule has 0 spiro atoms. The van der Waals surface area contributed by atoms with Crippen molar-refractivity contribution in [2.75, 3.05) is 6.54 Å². The number of nitrogens with one attached hydrogen (secondary N) is 1. The van der Waals surface area contributed by atoms with Crippen LogP contribution >= 0.6 is 11.6 Å². The fourth-order valence-corrected chi connectivity index (χ4v) is 3.82. The van der Waals surface area contributed by atoms with Crippen molar-refractivity contribution in [2.45, 2.75) is 11.4 Å². The van der Waals surface area contributed by atoms with Crippen molar-refractivity contribution in [3.63, 3.8) is 0 Å². The number of tetrazole rings is 1. The molecule has 0 fully saturated rings. The van der Waals surface area contributed by atoms with Gasteiger partial charge in [0.15, 0.2) is 0 Å². The van der Waals surface area contributed by atoms with Crippen LogP contribution in [-0.2, 0) is 21.4 Å². The molecule has 28 heavy (non-hydrogen) atoms. The smallest absolute Gasteiger partial charge is 0.242 e. The van der Waals surface area contributed by atoms with Crippen molar-refractivity contribution >= 4 is 27.5 Å². The molecule has 0 bridgehead atoms. The number of benzene rings is 2. The van der Waals surface area contributed by atoms with E-state index in [-0.39, 0.29) is 28.1 Å². The van der Waals surface area contributed by atoms with Crippen molar-refractivity contribution in [3.8, 4) is 11.4 Å². The Balaban J connectivity index is 1.79. The highest BCUT2D eigenvalue weighted by atomic mass is 35.5. The second kappa shape index (κ2) is 8.00. The number of sulfonamides is 1. The predicted molar refractivity (Wildman–Crippen MR) is 98.1 cm³/mol. The van der Waals surface area contributed by atoms with E-state index < -0.39 is 22.5 Å². The van der Waals surface area contributed by atoms with Crippen molar-refractivity contribution in [1.82, 2.24) is 24.9 Å². The zero-order valence-corrected chi connectivity index (χ0v) is 15.8. The van der Waals surface area contributed by atoms with Crippen molar-refractivity contribution in [3.05, 3.63) is 58.9 Å². The number of halogens is 2. The minimum atomic E-state index is -4.00. The van der Waals surface area contributed by atoms with Crippen LogP contribution in [-0.4, -0.2) is 41.1 Å². The van der Waals surface area contributed by atoms with Gasteiger partial charge in [-0.2, -0.15) is 4.80 Å². The van der Waals surface area contributed by atoms with Gasteiger partial charge in [-0.05, 0) is 41.1 Å². The number of aromatic nitrogens is 4. The van der Waals surface area contributed by atoms with E-state index in [0.29, 0.717) is 5.56 Å². The molecule has 9 nitrogen and oxygen atoms in total. The van der Waals surface area contributed by atoms with E-state index in [1.54, 1.807) is 12.1 Å². The molecule has 0 aliphatic carbocycles. The second-order valence-electron chi connectivity index (χ2n) is 5.71. The molecule has 0 radical (unpaired) electrons. The van der Waals surface area contributed by atoms with E-state index in [0.717, 1.165) is 5.56 Å². The van der Waals surface area contributed by atoms with Gasteiger partial charge in [0.1, 0.15) is 10.7 Å². The third-order valence-corrected chi connectivity index (χ3v) is 5.49. The molecule has 146 valence electrons. The lowest BCUT2D eigenvalue weighted by atomic mass is 10.2. The monoisotopic (exact) mass is 424 g/mol. The van der Waals surface area contributed by atoms with Crippen molar-refractivity contribution in [1.29, 1.82) is 0 Å². The number of carbonyl (C=O) groups is 1. The van der Waals surface area contributed by atoms with E-state index in [2.05, 4.69) is 15.4 Å². The average Bonchev–Trinajstić information content (AvgIpc) is 3.10. The maximum Gasteiger partial charge on any atom is 0.242 e. The maximum atomic E-state index is 13.0. The summed E-state index contributed by atoms with van der Waals surface area (Å²) in [6.45, 7) is -0.260. The molecule has 3 aromatic rings. The number of hydrogen-bond acceptors (Lipinski definition) is 6. The highest BCUT2D eigenvalue weighted by Gasteiger charge is 2.19. The van der Waals surface area contributed by atoms with Gasteiger partial charge in [-0.15, -0.1) is 10.2 Å². The van der Waals surface area contributed by atoms with Gasteiger partial charge < -0.3 is 5.73 Å². The number of carbonyl (C=O) groups excluding carboxylic acids is 1. The zero-order valence-electron chi connectivity index (χ0n) is 14.2. The van der Waals surface area contributed by atoms with Gasteiger partial charge in [0, 0.05) is 5.56 Å². The SMILES string of the molecule is NC(=O)CNS(=O)(=O)c1ccc(-c2nnn(Cc3ccc(F)cc3)n2)cc1Cl. The molecule has 0 saturated carbocycles. The highest BCUT2D eigenvalue weighted by molar-refractivity contribution is 7.89. The zero-order chi connectivity index (χ0) is 20.3. The predicted octanol–water partition coefficient (Wildman–Crippen LogP) is 0.944.